The molecule has 1 unspecified atom stereocenters. The Morgan fingerprint density at radius 2 is 1.81 bits per heavy atom. The first-order valence-electron chi connectivity index (χ1n) is 8.02. The van der Waals surface area contributed by atoms with Crippen molar-refractivity contribution in [1.29, 1.82) is 0 Å². The molecular weight excluding hydrogens is 266 g/mol. The van der Waals surface area contributed by atoms with Crippen molar-refractivity contribution in [3.63, 3.8) is 0 Å². The van der Waals surface area contributed by atoms with Crippen LogP contribution in [0.3, 0.4) is 0 Å². The molecule has 0 saturated heterocycles. The van der Waals surface area contributed by atoms with Crippen LogP contribution in [0.25, 0.3) is 0 Å². The van der Waals surface area contributed by atoms with Crippen molar-refractivity contribution in [2.24, 2.45) is 17.6 Å². The van der Waals surface area contributed by atoms with E-state index in [0.717, 1.165) is 37.2 Å². The zero-order valence-corrected chi connectivity index (χ0v) is 12.5. The van der Waals surface area contributed by atoms with E-state index in [2.05, 4.69) is 12.1 Å². The second-order valence-corrected chi connectivity index (χ2v) is 6.21. The summed E-state index contributed by atoms with van der Waals surface area (Å²) >= 11 is 0. The zero-order chi connectivity index (χ0) is 14.7. The highest BCUT2D eigenvalue weighted by Gasteiger charge is 2.28. The molecule has 0 bridgehead atoms. The summed E-state index contributed by atoms with van der Waals surface area (Å²) < 4.78 is 11.3. The lowest BCUT2D eigenvalue weighted by Gasteiger charge is -2.33. The van der Waals surface area contributed by atoms with E-state index in [4.69, 9.17) is 15.2 Å². The quantitative estimate of drug-likeness (QED) is 0.893. The SMILES string of the molecule is NCC(c1ccc2c(c1)OCCO2)C1CCC(CO)CC1. The summed E-state index contributed by atoms with van der Waals surface area (Å²) in [6.45, 7) is 2.22. The molecule has 0 amide bonds. The molecule has 21 heavy (non-hydrogen) atoms. The topological polar surface area (TPSA) is 64.7 Å². The third-order valence-electron chi connectivity index (χ3n) is 4.97. The summed E-state index contributed by atoms with van der Waals surface area (Å²) in [6, 6.07) is 6.24. The van der Waals surface area contributed by atoms with E-state index < -0.39 is 0 Å². The monoisotopic (exact) mass is 291 g/mol. The first-order valence-corrected chi connectivity index (χ1v) is 8.02. The summed E-state index contributed by atoms with van der Waals surface area (Å²) in [4.78, 5) is 0. The maximum absolute atomic E-state index is 9.27. The van der Waals surface area contributed by atoms with Gasteiger partial charge in [-0.25, -0.2) is 0 Å². The summed E-state index contributed by atoms with van der Waals surface area (Å²) in [5.74, 6) is 3.16. The second-order valence-electron chi connectivity index (χ2n) is 6.21. The van der Waals surface area contributed by atoms with Crippen molar-refractivity contribution in [1.82, 2.24) is 0 Å². The number of nitrogens with two attached hydrogens (primary N) is 1. The van der Waals surface area contributed by atoms with E-state index in [1.54, 1.807) is 0 Å². The number of benzene rings is 1. The number of hydrogen-bond acceptors (Lipinski definition) is 4. The third-order valence-corrected chi connectivity index (χ3v) is 4.97. The van der Waals surface area contributed by atoms with Crippen LogP contribution in [0.2, 0.25) is 0 Å². The van der Waals surface area contributed by atoms with E-state index in [1.807, 2.05) is 6.07 Å². The summed E-state index contributed by atoms with van der Waals surface area (Å²) in [5.41, 5.74) is 7.32. The highest BCUT2D eigenvalue weighted by atomic mass is 16.6. The number of ether oxygens (including phenoxy) is 2. The van der Waals surface area contributed by atoms with Crippen LogP contribution in [-0.2, 0) is 0 Å². The van der Waals surface area contributed by atoms with Crippen LogP contribution in [0.5, 0.6) is 11.5 Å². The Morgan fingerprint density at radius 1 is 1.10 bits per heavy atom. The van der Waals surface area contributed by atoms with Crippen molar-refractivity contribution >= 4 is 0 Å². The van der Waals surface area contributed by atoms with Gasteiger partial charge in [-0.2, -0.15) is 0 Å². The average molecular weight is 291 g/mol. The van der Waals surface area contributed by atoms with E-state index >= 15 is 0 Å². The molecule has 0 spiro atoms. The molecule has 1 atom stereocenters. The molecule has 3 rings (SSSR count). The van der Waals surface area contributed by atoms with Crippen molar-refractivity contribution in [3.05, 3.63) is 23.8 Å². The highest BCUT2D eigenvalue weighted by Crippen LogP contribution is 2.40. The van der Waals surface area contributed by atoms with E-state index in [-0.39, 0.29) is 0 Å². The molecule has 116 valence electrons. The number of hydrogen-bond donors (Lipinski definition) is 2. The number of rotatable bonds is 4. The standard InChI is InChI=1S/C17H25NO3/c18-10-15(13-3-1-12(11-19)2-4-13)14-5-6-16-17(9-14)21-8-7-20-16/h5-6,9,12-13,15,19H,1-4,7-8,10-11,18H2. The lowest BCUT2D eigenvalue weighted by Crippen LogP contribution is -2.27. The maximum Gasteiger partial charge on any atom is 0.161 e. The van der Waals surface area contributed by atoms with Crippen molar-refractivity contribution in [2.45, 2.75) is 31.6 Å². The average Bonchev–Trinajstić information content (AvgIpc) is 2.56. The first-order chi connectivity index (χ1) is 10.3. The Morgan fingerprint density at radius 3 is 2.48 bits per heavy atom. The predicted molar refractivity (Wildman–Crippen MR) is 81.8 cm³/mol. The lowest BCUT2D eigenvalue weighted by molar-refractivity contribution is 0.157. The van der Waals surface area contributed by atoms with E-state index in [0.29, 0.717) is 44.1 Å². The summed E-state index contributed by atoms with van der Waals surface area (Å²) in [6.07, 6.45) is 4.54. The van der Waals surface area contributed by atoms with Crippen LogP contribution < -0.4 is 15.2 Å². The minimum absolute atomic E-state index is 0.323. The largest absolute Gasteiger partial charge is 0.486 e. The molecule has 2 aliphatic rings. The minimum Gasteiger partial charge on any atom is -0.486 e. The van der Waals surface area contributed by atoms with Gasteiger partial charge in [0.05, 0.1) is 0 Å². The molecule has 1 aromatic rings. The fourth-order valence-corrected chi connectivity index (χ4v) is 3.66. The second kappa shape index (κ2) is 6.67. The van der Waals surface area contributed by atoms with Crippen LogP contribution in [-0.4, -0.2) is 31.5 Å². The predicted octanol–water partition coefficient (Wildman–Crippen LogP) is 2.30. The van der Waals surface area contributed by atoms with Crippen LogP contribution >= 0.6 is 0 Å². The molecule has 4 heteroatoms. The van der Waals surface area contributed by atoms with E-state index in [9.17, 15) is 5.11 Å². The summed E-state index contributed by atoms with van der Waals surface area (Å²) in [5, 5.41) is 9.27. The lowest BCUT2D eigenvalue weighted by atomic mass is 9.73. The van der Waals surface area contributed by atoms with Gasteiger partial charge in [0.15, 0.2) is 11.5 Å². The van der Waals surface area contributed by atoms with Gasteiger partial charge >= 0.3 is 0 Å². The molecule has 1 aliphatic heterocycles. The minimum atomic E-state index is 0.323. The highest BCUT2D eigenvalue weighted by molar-refractivity contribution is 5.45. The van der Waals surface area contributed by atoms with Crippen molar-refractivity contribution in [3.8, 4) is 11.5 Å². The molecule has 0 aromatic heterocycles. The van der Waals surface area contributed by atoms with Crippen LogP contribution in [0, 0.1) is 11.8 Å². The van der Waals surface area contributed by atoms with Gasteiger partial charge in [0, 0.05) is 6.61 Å². The molecular formula is C17H25NO3. The smallest absolute Gasteiger partial charge is 0.161 e. The molecule has 0 radical (unpaired) electrons. The maximum atomic E-state index is 9.27. The number of fused-ring (bicyclic) bond motifs is 1. The normalized spacial score (nSPS) is 26.4. The van der Waals surface area contributed by atoms with Gasteiger partial charge in [-0.3, -0.25) is 0 Å². The number of aliphatic hydroxyl groups is 1. The summed E-state index contributed by atoms with van der Waals surface area (Å²) in [7, 11) is 0. The molecule has 1 aromatic carbocycles. The Kier molecular flexibility index (Phi) is 4.66. The first kappa shape index (κ1) is 14.7. The molecule has 4 nitrogen and oxygen atoms in total. The number of aliphatic hydroxyl groups excluding tert-OH is 1. The Hall–Kier alpha value is -1.26. The van der Waals surface area contributed by atoms with Gasteiger partial charge in [0.1, 0.15) is 13.2 Å². The molecule has 1 fully saturated rings. The fourth-order valence-electron chi connectivity index (χ4n) is 3.66. The van der Waals surface area contributed by atoms with Gasteiger partial charge in [-0.05, 0) is 67.7 Å². The van der Waals surface area contributed by atoms with Gasteiger partial charge in [0.2, 0.25) is 0 Å². The molecule has 1 aliphatic carbocycles. The Bertz CT molecular complexity index is 469. The third kappa shape index (κ3) is 3.16. The van der Waals surface area contributed by atoms with Crippen LogP contribution in [0.4, 0.5) is 0 Å². The molecule has 1 saturated carbocycles. The Balaban J connectivity index is 1.74. The van der Waals surface area contributed by atoms with Crippen molar-refractivity contribution in [2.75, 3.05) is 26.4 Å². The van der Waals surface area contributed by atoms with Crippen LogP contribution in [0.15, 0.2) is 18.2 Å². The van der Waals surface area contributed by atoms with Gasteiger partial charge in [-0.15, -0.1) is 0 Å². The molecule has 1 heterocycles. The van der Waals surface area contributed by atoms with Gasteiger partial charge in [-0.1, -0.05) is 6.07 Å². The van der Waals surface area contributed by atoms with Gasteiger partial charge in [0.25, 0.3) is 0 Å². The Labute approximate surface area is 126 Å². The van der Waals surface area contributed by atoms with Gasteiger partial charge < -0.3 is 20.3 Å². The van der Waals surface area contributed by atoms with Crippen LogP contribution in [0.1, 0.15) is 37.2 Å². The molecule has 3 N–H and O–H groups in total. The fraction of sp³-hybridized carbons (Fsp3) is 0.647. The zero-order valence-electron chi connectivity index (χ0n) is 12.5. The van der Waals surface area contributed by atoms with Crippen molar-refractivity contribution < 1.29 is 14.6 Å². The van der Waals surface area contributed by atoms with E-state index in [1.165, 1.54) is 5.56 Å².